The second-order valence-corrected chi connectivity index (χ2v) is 4.19. The van der Waals surface area contributed by atoms with Gasteiger partial charge in [-0.3, -0.25) is 0 Å². The molecule has 0 aromatic heterocycles. The number of terminal acetylenes is 1. The van der Waals surface area contributed by atoms with Crippen molar-refractivity contribution in [2.24, 2.45) is 0 Å². The summed E-state index contributed by atoms with van der Waals surface area (Å²) < 4.78 is 19.0. The van der Waals surface area contributed by atoms with Crippen LogP contribution in [0, 0.1) is 18.2 Å². The Labute approximate surface area is 101 Å². The molecule has 90 valence electrons. The fourth-order valence-electron chi connectivity index (χ4n) is 1.61. The molecule has 0 radical (unpaired) electrons. The summed E-state index contributed by atoms with van der Waals surface area (Å²) in [5, 5.41) is 3.34. The van der Waals surface area contributed by atoms with Crippen molar-refractivity contribution >= 4 is 0 Å². The maximum absolute atomic E-state index is 13.6. The van der Waals surface area contributed by atoms with Crippen molar-refractivity contribution in [1.29, 1.82) is 0 Å². The lowest BCUT2D eigenvalue weighted by Gasteiger charge is -2.12. The van der Waals surface area contributed by atoms with Crippen molar-refractivity contribution in [2.45, 2.75) is 31.8 Å². The number of halogens is 1. The lowest BCUT2D eigenvalue weighted by atomic mass is 10.2. The van der Waals surface area contributed by atoms with Crippen LogP contribution in [0.25, 0.3) is 0 Å². The number of hydrogen-bond acceptors (Lipinski definition) is 2. The first-order chi connectivity index (χ1) is 8.31. The first-order valence-electron chi connectivity index (χ1n) is 5.88. The number of ether oxygens (including phenoxy) is 1. The molecule has 0 heterocycles. The minimum atomic E-state index is -0.322. The van der Waals surface area contributed by atoms with E-state index in [2.05, 4.69) is 11.2 Å². The highest BCUT2D eigenvalue weighted by molar-refractivity contribution is 5.35. The topological polar surface area (TPSA) is 21.3 Å². The van der Waals surface area contributed by atoms with Crippen LogP contribution in [0.5, 0.6) is 5.75 Å². The van der Waals surface area contributed by atoms with Crippen LogP contribution in [-0.4, -0.2) is 12.6 Å². The maximum Gasteiger partial charge on any atom is 0.165 e. The third-order valence-electron chi connectivity index (χ3n) is 2.70. The van der Waals surface area contributed by atoms with Crippen molar-refractivity contribution in [3.63, 3.8) is 0 Å². The SMILES string of the molecule is C#CCCOc1c(F)cccc1CNC1CC1. The molecular weight excluding hydrogens is 217 g/mol. The Balaban J connectivity index is 2.01. The standard InChI is InChI=1S/C14H16FNO/c1-2-3-9-17-14-11(5-4-6-13(14)15)10-16-12-7-8-12/h1,4-6,12,16H,3,7-10H2. The van der Waals surface area contributed by atoms with E-state index in [9.17, 15) is 4.39 Å². The number of nitrogens with one attached hydrogen (secondary N) is 1. The third-order valence-corrected chi connectivity index (χ3v) is 2.70. The Kier molecular flexibility index (Phi) is 4.00. The van der Waals surface area contributed by atoms with E-state index in [4.69, 9.17) is 11.2 Å². The molecule has 1 aliphatic rings. The normalized spacial score (nSPS) is 14.4. The number of rotatable bonds is 6. The molecule has 1 aliphatic carbocycles. The molecule has 2 rings (SSSR count). The van der Waals surface area contributed by atoms with Gasteiger partial charge in [0.05, 0.1) is 6.61 Å². The average Bonchev–Trinajstić information content (AvgIpc) is 3.13. The number of hydrogen-bond donors (Lipinski definition) is 1. The van der Waals surface area contributed by atoms with Gasteiger partial charge in [0, 0.05) is 24.6 Å². The van der Waals surface area contributed by atoms with Gasteiger partial charge in [-0.2, -0.15) is 0 Å². The third kappa shape index (κ3) is 3.47. The van der Waals surface area contributed by atoms with Gasteiger partial charge in [0.15, 0.2) is 11.6 Å². The monoisotopic (exact) mass is 233 g/mol. The van der Waals surface area contributed by atoms with Crippen LogP contribution >= 0.6 is 0 Å². The summed E-state index contributed by atoms with van der Waals surface area (Å²) in [6.07, 6.45) is 8.05. The van der Waals surface area contributed by atoms with Crippen LogP contribution in [0.3, 0.4) is 0 Å². The van der Waals surface area contributed by atoms with Crippen LogP contribution < -0.4 is 10.1 Å². The predicted molar refractivity (Wildman–Crippen MR) is 65.2 cm³/mol. The summed E-state index contributed by atoms with van der Waals surface area (Å²) in [6.45, 7) is 1.00. The molecular formula is C14H16FNO. The molecule has 0 aliphatic heterocycles. The van der Waals surface area contributed by atoms with E-state index in [1.807, 2.05) is 6.07 Å². The number of benzene rings is 1. The lowest BCUT2D eigenvalue weighted by Crippen LogP contribution is -2.16. The van der Waals surface area contributed by atoms with Gasteiger partial charge in [-0.05, 0) is 18.9 Å². The largest absolute Gasteiger partial charge is 0.489 e. The van der Waals surface area contributed by atoms with Gasteiger partial charge < -0.3 is 10.1 Å². The minimum absolute atomic E-state index is 0.322. The second kappa shape index (κ2) is 5.70. The van der Waals surface area contributed by atoms with Crippen LogP contribution in [0.4, 0.5) is 4.39 Å². The van der Waals surface area contributed by atoms with Gasteiger partial charge in [0.25, 0.3) is 0 Å². The molecule has 1 fully saturated rings. The summed E-state index contributed by atoms with van der Waals surface area (Å²) in [4.78, 5) is 0. The summed E-state index contributed by atoms with van der Waals surface area (Å²) >= 11 is 0. The fourth-order valence-corrected chi connectivity index (χ4v) is 1.61. The van der Waals surface area contributed by atoms with Gasteiger partial charge in [-0.15, -0.1) is 12.3 Å². The van der Waals surface area contributed by atoms with Crippen LogP contribution in [0.2, 0.25) is 0 Å². The van der Waals surface area contributed by atoms with Crippen molar-refractivity contribution < 1.29 is 9.13 Å². The zero-order valence-corrected chi connectivity index (χ0v) is 9.71. The predicted octanol–water partition coefficient (Wildman–Crippen LogP) is 2.48. The van der Waals surface area contributed by atoms with Crippen molar-refractivity contribution in [3.8, 4) is 18.1 Å². The zero-order valence-electron chi connectivity index (χ0n) is 9.71. The number of para-hydroxylation sites is 1. The van der Waals surface area contributed by atoms with E-state index in [1.54, 1.807) is 6.07 Å². The second-order valence-electron chi connectivity index (χ2n) is 4.19. The van der Waals surface area contributed by atoms with Crippen LogP contribution in [0.15, 0.2) is 18.2 Å². The van der Waals surface area contributed by atoms with Crippen LogP contribution in [0.1, 0.15) is 24.8 Å². The van der Waals surface area contributed by atoms with E-state index < -0.39 is 0 Å². The molecule has 1 saturated carbocycles. The van der Waals surface area contributed by atoms with Gasteiger partial charge in [-0.25, -0.2) is 4.39 Å². The van der Waals surface area contributed by atoms with Gasteiger partial charge in [0.1, 0.15) is 0 Å². The molecule has 2 nitrogen and oxygen atoms in total. The van der Waals surface area contributed by atoms with Gasteiger partial charge >= 0.3 is 0 Å². The summed E-state index contributed by atoms with van der Waals surface area (Å²) in [5.74, 6) is 2.48. The summed E-state index contributed by atoms with van der Waals surface area (Å²) in [6, 6.07) is 5.58. The molecule has 0 spiro atoms. The summed E-state index contributed by atoms with van der Waals surface area (Å²) in [5.41, 5.74) is 0.855. The highest BCUT2D eigenvalue weighted by Gasteiger charge is 2.21. The molecule has 0 atom stereocenters. The summed E-state index contributed by atoms with van der Waals surface area (Å²) in [7, 11) is 0. The molecule has 0 saturated heterocycles. The zero-order chi connectivity index (χ0) is 12.1. The van der Waals surface area contributed by atoms with E-state index in [0.29, 0.717) is 31.4 Å². The fraction of sp³-hybridized carbons (Fsp3) is 0.429. The molecule has 0 amide bonds. The lowest BCUT2D eigenvalue weighted by molar-refractivity contribution is 0.305. The van der Waals surface area contributed by atoms with E-state index >= 15 is 0 Å². The molecule has 1 aromatic rings. The Morgan fingerprint density at radius 3 is 3.00 bits per heavy atom. The molecule has 1 N–H and O–H groups in total. The van der Waals surface area contributed by atoms with Gasteiger partial charge in [-0.1, -0.05) is 12.1 Å². The van der Waals surface area contributed by atoms with Crippen molar-refractivity contribution in [1.82, 2.24) is 5.32 Å². The quantitative estimate of drug-likeness (QED) is 0.602. The molecule has 17 heavy (non-hydrogen) atoms. The molecule has 0 bridgehead atoms. The Bertz CT molecular complexity index is 421. The van der Waals surface area contributed by atoms with Gasteiger partial charge in [0.2, 0.25) is 0 Å². The highest BCUT2D eigenvalue weighted by atomic mass is 19.1. The van der Waals surface area contributed by atoms with E-state index in [0.717, 1.165) is 5.56 Å². The highest BCUT2D eigenvalue weighted by Crippen LogP contribution is 2.25. The first kappa shape index (κ1) is 11.9. The molecule has 1 aromatic carbocycles. The Hall–Kier alpha value is -1.53. The molecule has 0 unspecified atom stereocenters. The van der Waals surface area contributed by atoms with E-state index in [1.165, 1.54) is 18.9 Å². The van der Waals surface area contributed by atoms with E-state index in [-0.39, 0.29) is 5.82 Å². The van der Waals surface area contributed by atoms with Crippen molar-refractivity contribution in [3.05, 3.63) is 29.6 Å². The van der Waals surface area contributed by atoms with Crippen LogP contribution in [-0.2, 0) is 6.54 Å². The average molecular weight is 233 g/mol. The Morgan fingerprint density at radius 1 is 1.47 bits per heavy atom. The Morgan fingerprint density at radius 2 is 2.29 bits per heavy atom. The molecule has 3 heteroatoms. The smallest absolute Gasteiger partial charge is 0.165 e. The van der Waals surface area contributed by atoms with Crippen molar-refractivity contribution in [2.75, 3.05) is 6.61 Å². The first-order valence-corrected chi connectivity index (χ1v) is 5.88. The minimum Gasteiger partial charge on any atom is -0.489 e. The maximum atomic E-state index is 13.6.